The van der Waals surface area contributed by atoms with Gasteiger partial charge in [0.2, 0.25) is 5.91 Å². The van der Waals surface area contributed by atoms with Gasteiger partial charge in [0.25, 0.3) is 0 Å². The minimum atomic E-state index is -0.144. The lowest BCUT2D eigenvalue weighted by atomic mass is 10.2. The van der Waals surface area contributed by atoms with Crippen LogP contribution in [0.3, 0.4) is 0 Å². The molecule has 7 nitrogen and oxygen atoms in total. The van der Waals surface area contributed by atoms with Gasteiger partial charge in [-0.05, 0) is 38.1 Å². The van der Waals surface area contributed by atoms with Crippen LogP contribution in [-0.2, 0) is 4.79 Å². The topological polar surface area (TPSA) is 55.0 Å². The van der Waals surface area contributed by atoms with Crippen LogP contribution in [0.25, 0.3) is 0 Å². The second-order valence-electron chi connectivity index (χ2n) is 8.58. The molecule has 0 radical (unpaired) electrons. The Morgan fingerprint density at radius 2 is 1.52 bits per heavy atom. The molecular formula is C23H40N6OS. The summed E-state index contributed by atoms with van der Waals surface area (Å²) in [4.78, 5) is 27.4. The van der Waals surface area contributed by atoms with Crippen LogP contribution in [0.5, 0.6) is 0 Å². The van der Waals surface area contributed by atoms with Crippen LogP contribution in [0.1, 0.15) is 26.7 Å². The van der Waals surface area contributed by atoms with Crippen molar-refractivity contribution in [2.75, 3.05) is 78.7 Å². The molecule has 31 heavy (non-hydrogen) atoms. The Hall–Kier alpha value is -1.19. The van der Waals surface area contributed by atoms with Gasteiger partial charge in [0.15, 0.2) is 0 Å². The molecule has 0 spiro atoms. The number of hydrogen-bond donors (Lipinski definition) is 1. The summed E-state index contributed by atoms with van der Waals surface area (Å²) >= 11 is 1.59. The van der Waals surface area contributed by atoms with Crippen LogP contribution in [0, 0.1) is 0 Å². The normalized spacial score (nSPS) is 20.6. The summed E-state index contributed by atoms with van der Waals surface area (Å²) in [5, 5.41) is 3.99. The van der Waals surface area contributed by atoms with E-state index in [-0.39, 0.29) is 11.2 Å². The first-order chi connectivity index (χ1) is 15.2. The summed E-state index contributed by atoms with van der Waals surface area (Å²) in [6, 6.07) is 5.91. The number of nitrogens with zero attached hydrogens (tertiary/aromatic N) is 5. The molecule has 2 aliphatic rings. The maximum atomic E-state index is 13.2. The summed E-state index contributed by atoms with van der Waals surface area (Å²) in [7, 11) is 0. The van der Waals surface area contributed by atoms with Crippen molar-refractivity contribution in [2.45, 2.75) is 37.0 Å². The molecule has 2 fully saturated rings. The van der Waals surface area contributed by atoms with E-state index >= 15 is 0 Å². The Bertz CT molecular complexity index is 632. The minimum Gasteiger partial charge on any atom is -0.342 e. The molecule has 8 heteroatoms. The molecule has 1 unspecified atom stereocenters. The highest BCUT2D eigenvalue weighted by Gasteiger charge is 2.26. The molecule has 0 saturated carbocycles. The molecule has 1 N–H and O–H groups in total. The molecule has 0 aromatic carbocycles. The summed E-state index contributed by atoms with van der Waals surface area (Å²) in [6.45, 7) is 16.7. The van der Waals surface area contributed by atoms with Crippen LogP contribution in [-0.4, -0.2) is 114 Å². The van der Waals surface area contributed by atoms with E-state index in [2.05, 4.69) is 43.7 Å². The second kappa shape index (κ2) is 13.4. The SMILES string of the molecule is CCCN1CCN(CNC(=O)C(CN2CCN(CCC)CC2)Sc2ccccn2)CC1. The van der Waals surface area contributed by atoms with E-state index in [0.29, 0.717) is 6.67 Å². The Balaban J connectivity index is 1.50. The van der Waals surface area contributed by atoms with Crippen LogP contribution in [0.4, 0.5) is 0 Å². The van der Waals surface area contributed by atoms with Crippen molar-refractivity contribution in [3.63, 3.8) is 0 Å². The number of carbonyl (C=O) groups excluding carboxylic acids is 1. The molecule has 3 rings (SSSR count). The molecule has 174 valence electrons. The highest BCUT2D eigenvalue weighted by atomic mass is 32.2. The second-order valence-corrected chi connectivity index (χ2v) is 9.80. The molecule has 1 aromatic rings. The third kappa shape index (κ3) is 8.35. The zero-order chi connectivity index (χ0) is 21.9. The van der Waals surface area contributed by atoms with E-state index in [1.54, 1.807) is 18.0 Å². The highest BCUT2D eigenvalue weighted by molar-refractivity contribution is 8.00. The van der Waals surface area contributed by atoms with E-state index in [9.17, 15) is 4.79 Å². The number of pyridine rings is 1. The molecule has 0 bridgehead atoms. The number of nitrogens with one attached hydrogen (secondary N) is 1. The van der Waals surface area contributed by atoms with Gasteiger partial charge in [-0.3, -0.25) is 14.6 Å². The zero-order valence-electron chi connectivity index (χ0n) is 19.3. The Labute approximate surface area is 192 Å². The first-order valence-corrected chi connectivity index (χ1v) is 12.8. The minimum absolute atomic E-state index is 0.127. The monoisotopic (exact) mass is 448 g/mol. The van der Waals surface area contributed by atoms with Gasteiger partial charge in [-0.25, -0.2) is 4.98 Å². The van der Waals surface area contributed by atoms with Crippen molar-refractivity contribution < 1.29 is 4.79 Å². The maximum Gasteiger partial charge on any atom is 0.235 e. The van der Waals surface area contributed by atoms with Crippen molar-refractivity contribution >= 4 is 17.7 Å². The first kappa shape index (κ1) is 24.5. The Kier molecular flexibility index (Phi) is 10.6. The largest absolute Gasteiger partial charge is 0.342 e. The maximum absolute atomic E-state index is 13.2. The number of aromatic nitrogens is 1. The third-order valence-electron chi connectivity index (χ3n) is 6.10. The number of thioether (sulfide) groups is 1. The number of rotatable bonds is 11. The number of carbonyl (C=O) groups is 1. The van der Waals surface area contributed by atoms with E-state index in [1.165, 1.54) is 25.9 Å². The fraction of sp³-hybridized carbons (Fsp3) is 0.739. The molecular weight excluding hydrogens is 408 g/mol. The predicted molar refractivity (Wildman–Crippen MR) is 128 cm³/mol. The van der Waals surface area contributed by atoms with Crippen LogP contribution < -0.4 is 5.32 Å². The van der Waals surface area contributed by atoms with Crippen molar-refractivity contribution in [2.24, 2.45) is 0 Å². The Morgan fingerprint density at radius 3 is 2.06 bits per heavy atom. The summed E-state index contributed by atoms with van der Waals surface area (Å²) < 4.78 is 0. The van der Waals surface area contributed by atoms with Gasteiger partial charge in [0, 0.05) is 65.1 Å². The highest BCUT2D eigenvalue weighted by Crippen LogP contribution is 2.22. The van der Waals surface area contributed by atoms with Crippen LogP contribution in [0.2, 0.25) is 0 Å². The standard InChI is InChI=1S/C23H40N6OS/c1-3-9-26-11-15-28(16-12-26)19-21(31-22-7-5-6-8-24-22)23(30)25-20-29-17-13-27(10-4-2)14-18-29/h5-8,21H,3-4,9-20H2,1-2H3,(H,25,30). The molecule has 3 heterocycles. The molecule has 2 saturated heterocycles. The zero-order valence-corrected chi connectivity index (χ0v) is 20.2. The quantitative estimate of drug-likeness (QED) is 0.517. The van der Waals surface area contributed by atoms with Gasteiger partial charge in [0.05, 0.1) is 11.7 Å². The van der Waals surface area contributed by atoms with Gasteiger partial charge >= 0.3 is 0 Å². The molecule has 0 aliphatic carbocycles. The van der Waals surface area contributed by atoms with Crippen LogP contribution >= 0.6 is 11.8 Å². The van der Waals surface area contributed by atoms with Crippen molar-refractivity contribution in [1.29, 1.82) is 0 Å². The summed E-state index contributed by atoms with van der Waals surface area (Å²) in [6.07, 6.45) is 4.21. The smallest absolute Gasteiger partial charge is 0.235 e. The lowest BCUT2D eigenvalue weighted by Crippen LogP contribution is -2.53. The average Bonchev–Trinajstić information content (AvgIpc) is 2.80. The van der Waals surface area contributed by atoms with Gasteiger partial charge in [-0.2, -0.15) is 0 Å². The lowest BCUT2D eigenvalue weighted by molar-refractivity contribution is -0.121. The van der Waals surface area contributed by atoms with E-state index in [0.717, 1.165) is 63.9 Å². The van der Waals surface area contributed by atoms with Crippen molar-refractivity contribution in [3.8, 4) is 0 Å². The van der Waals surface area contributed by atoms with Crippen molar-refractivity contribution in [3.05, 3.63) is 24.4 Å². The molecule has 1 aromatic heterocycles. The van der Waals surface area contributed by atoms with Gasteiger partial charge in [0.1, 0.15) is 5.25 Å². The third-order valence-corrected chi connectivity index (χ3v) is 7.23. The summed E-state index contributed by atoms with van der Waals surface area (Å²) in [5.41, 5.74) is 0. The lowest BCUT2D eigenvalue weighted by Gasteiger charge is -2.36. The number of piperazine rings is 2. The van der Waals surface area contributed by atoms with Crippen molar-refractivity contribution in [1.82, 2.24) is 29.9 Å². The molecule has 2 aliphatic heterocycles. The average molecular weight is 449 g/mol. The van der Waals surface area contributed by atoms with Gasteiger partial charge in [-0.1, -0.05) is 31.7 Å². The fourth-order valence-electron chi connectivity index (χ4n) is 4.27. The van der Waals surface area contributed by atoms with E-state index in [1.807, 2.05) is 18.2 Å². The summed E-state index contributed by atoms with van der Waals surface area (Å²) in [5.74, 6) is 0.127. The predicted octanol–water partition coefficient (Wildman–Crippen LogP) is 1.67. The fourth-order valence-corrected chi connectivity index (χ4v) is 5.32. The number of amides is 1. The van der Waals surface area contributed by atoms with Gasteiger partial charge < -0.3 is 15.1 Å². The van der Waals surface area contributed by atoms with E-state index < -0.39 is 0 Å². The molecule has 1 atom stereocenters. The van der Waals surface area contributed by atoms with Gasteiger partial charge in [-0.15, -0.1) is 0 Å². The first-order valence-electron chi connectivity index (χ1n) is 11.9. The number of hydrogen-bond acceptors (Lipinski definition) is 7. The molecule has 1 amide bonds. The van der Waals surface area contributed by atoms with Crippen LogP contribution in [0.15, 0.2) is 29.4 Å². The Morgan fingerprint density at radius 1 is 0.935 bits per heavy atom. The van der Waals surface area contributed by atoms with E-state index in [4.69, 9.17) is 0 Å².